The number of aromatic nitrogens is 1. The average molecular weight is 476 g/mol. The molecule has 1 heterocycles. The third kappa shape index (κ3) is 5.64. The van der Waals surface area contributed by atoms with Crippen LogP contribution >= 0.6 is 0 Å². The molecular formula is C26H38FNO4Si. The predicted octanol–water partition coefficient (Wildman–Crippen LogP) is 5.96. The highest BCUT2D eigenvalue weighted by Gasteiger charge is 2.47. The fourth-order valence-corrected chi connectivity index (χ4v) is 5.48. The summed E-state index contributed by atoms with van der Waals surface area (Å²) in [6, 6.07) is 6.60. The van der Waals surface area contributed by atoms with Gasteiger partial charge in [-0.25, -0.2) is 4.39 Å². The van der Waals surface area contributed by atoms with E-state index in [9.17, 15) is 14.3 Å². The number of carbonyl (C=O) groups excluding carboxylic acids is 1. The molecule has 1 N–H and O–H groups in total. The van der Waals surface area contributed by atoms with Gasteiger partial charge in [-0.05, 0) is 86.5 Å². The van der Waals surface area contributed by atoms with Gasteiger partial charge in [-0.1, -0.05) is 20.8 Å². The zero-order valence-corrected chi connectivity index (χ0v) is 21.8. The number of ether oxygens (including phenoxy) is 1. The minimum atomic E-state index is -2.10. The highest BCUT2D eigenvalue weighted by atomic mass is 28.4. The smallest absolute Gasteiger partial charge is 0.314 e. The van der Waals surface area contributed by atoms with Crippen LogP contribution in [0.2, 0.25) is 18.1 Å². The lowest BCUT2D eigenvalue weighted by Gasteiger charge is -2.43. The van der Waals surface area contributed by atoms with Crippen LogP contribution in [-0.2, 0) is 14.0 Å². The number of rotatable bonds is 7. The summed E-state index contributed by atoms with van der Waals surface area (Å²) in [6.45, 7) is 13.0. The van der Waals surface area contributed by atoms with Crippen LogP contribution in [0.4, 0.5) is 4.39 Å². The summed E-state index contributed by atoms with van der Waals surface area (Å²) in [5, 5.41) is 12.4. The van der Waals surface area contributed by atoms with Crippen molar-refractivity contribution in [2.24, 2.45) is 5.92 Å². The molecule has 0 saturated heterocycles. The van der Waals surface area contributed by atoms with Crippen molar-refractivity contribution in [3.63, 3.8) is 0 Å². The van der Waals surface area contributed by atoms with Crippen LogP contribution in [0.5, 0.6) is 0 Å². The van der Waals surface area contributed by atoms with E-state index >= 15 is 0 Å². The Bertz CT molecular complexity index is 980. The van der Waals surface area contributed by atoms with Gasteiger partial charge in [0.15, 0.2) is 8.32 Å². The molecule has 3 rings (SSSR count). The average Bonchev–Trinajstić information content (AvgIpc) is 2.73. The van der Waals surface area contributed by atoms with Gasteiger partial charge in [-0.2, -0.15) is 0 Å². The Morgan fingerprint density at radius 1 is 1.27 bits per heavy atom. The van der Waals surface area contributed by atoms with Crippen LogP contribution in [0.15, 0.2) is 30.5 Å². The highest BCUT2D eigenvalue weighted by Crippen LogP contribution is 2.44. The highest BCUT2D eigenvalue weighted by molar-refractivity contribution is 6.74. The molecule has 1 saturated carbocycles. The predicted molar refractivity (Wildman–Crippen MR) is 131 cm³/mol. The van der Waals surface area contributed by atoms with Crippen molar-refractivity contribution in [1.82, 2.24) is 4.98 Å². The second-order valence-electron chi connectivity index (χ2n) is 10.8. The third-order valence-corrected chi connectivity index (χ3v) is 12.2. The Balaban J connectivity index is 1.79. The molecule has 1 aliphatic rings. The summed E-state index contributed by atoms with van der Waals surface area (Å²) in [5.74, 6) is -1.23. The first-order chi connectivity index (χ1) is 15.4. The molecule has 0 amide bonds. The Morgan fingerprint density at radius 2 is 1.94 bits per heavy atom. The number of hydrogen-bond donors (Lipinski definition) is 1. The van der Waals surface area contributed by atoms with E-state index in [2.05, 4.69) is 38.8 Å². The number of halogens is 1. The quantitative estimate of drug-likeness (QED) is 0.395. The van der Waals surface area contributed by atoms with Crippen LogP contribution in [0.3, 0.4) is 0 Å². The van der Waals surface area contributed by atoms with Gasteiger partial charge in [0.05, 0.1) is 24.3 Å². The van der Waals surface area contributed by atoms with E-state index < -0.39 is 25.8 Å². The van der Waals surface area contributed by atoms with Crippen molar-refractivity contribution in [3.05, 3.63) is 41.8 Å². The summed E-state index contributed by atoms with van der Waals surface area (Å²) in [7, 11) is -2.10. The molecule has 182 valence electrons. The van der Waals surface area contributed by atoms with E-state index in [0.29, 0.717) is 25.7 Å². The normalized spacial score (nSPS) is 22.8. The van der Waals surface area contributed by atoms with Crippen molar-refractivity contribution >= 4 is 25.2 Å². The van der Waals surface area contributed by atoms with E-state index in [-0.39, 0.29) is 30.0 Å². The Morgan fingerprint density at radius 3 is 2.55 bits per heavy atom. The molecule has 0 radical (unpaired) electrons. The van der Waals surface area contributed by atoms with E-state index in [4.69, 9.17) is 9.16 Å². The maximum atomic E-state index is 13.9. The molecule has 1 fully saturated rings. The van der Waals surface area contributed by atoms with Gasteiger partial charge in [0.2, 0.25) is 0 Å². The van der Waals surface area contributed by atoms with E-state index in [0.717, 1.165) is 16.5 Å². The van der Waals surface area contributed by atoms with Crippen molar-refractivity contribution in [2.75, 3.05) is 13.2 Å². The maximum absolute atomic E-state index is 13.9. The fourth-order valence-electron chi connectivity index (χ4n) is 4.47. The second-order valence-corrected chi connectivity index (χ2v) is 15.6. The van der Waals surface area contributed by atoms with E-state index in [1.54, 1.807) is 19.2 Å². The molecule has 5 nitrogen and oxygen atoms in total. The minimum Gasteiger partial charge on any atom is -0.466 e. The van der Waals surface area contributed by atoms with Crippen LogP contribution in [0.25, 0.3) is 10.9 Å². The van der Waals surface area contributed by atoms with Gasteiger partial charge >= 0.3 is 5.97 Å². The molecule has 1 aliphatic carbocycles. The molecule has 1 aromatic heterocycles. The van der Waals surface area contributed by atoms with Crippen molar-refractivity contribution in [2.45, 2.75) is 83.0 Å². The Kier molecular flexibility index (Phi) is 7.66. The molecule has 1 aromatic carbocycles. The van der Waals surface area contributed by atoms with Gasteiger partial charge in [-0.15, -0.1) is 0 Å². The summed E-state index contributed by atoms with van der Waals surface area (Å²) < 4.78 is 25.6. The van der Waals surface area contributed by atoms with Gasteiger partial charge < -0.3 is 14.3 Å². The van der Waals surface area contributed by atoms with Crippen molar-refractivity contribution in [1.29, 1.82) is 0 Å². The topological polar surface area (TPSA) is 68.7 Å². The molecule has 1 unspecified atom stereocenters. The number of fused-ring (bicyclic) bond motifs is 1. The van der Waals surface area contributed by atoms with E-state index in [1.807, 2.05) is 6.07 Å². The molecule has 0 bridgehead atoms. The van der Waals surface area contributed by atoms with Gasteiger partial charge in [0.1, 0.15) is 11.7 Å². The summed E-state index contributed by atoms with van der Waals surface area (Å²) >= 11 is 0. The van der Waals surface area contributed by atoms with Gasteiger partial charge in [-0.3, -0.25) is 9.78 Å². The standard InChI is InChI=1S/C26H38FNO4Si/c1-7-31-24(29)22(17-32-33(5,6)25(2,3)4)26(30)13-10-18(11-14-26)20-12-15-28-23-9-8-19(27)16-21(20)23/h8-9,12,15-16,18,22,30H,7,10-11,13-14,17H2,1-6H3. The summed E-state index contributed by atoms with van der Waals surface area (Å²) in [5.41, 5.74) is 0.632. The lowest BCUT2D eigenvalue weighted by atomic mass is 9.70. The lowest BCUT2D eigenvalue weighted by molar-refractivity contribution is -0.164. The molecule has 0 spiro atoms. The number of nitrogens with zero attached hydrogens (tertiary/aromatic N) is 1. The molecule has 0 aliphatic heterocycles. The van der Waals surface area contributed by atoms with Crippen molar-refractivity contribution < 1.29 is 23.5 Å². The molecule has 1 atom stereocenters. The first kappa shape index (κ1) is 25.8. The summed E-state index contributed by atoms with van der Waals surface area (Å²) in [6.07, 6.45) is 4.07. The molecule has 7 heteroatoms. The minimum absolute atomic E-state index is 0.00413. The third-order valence-electron chi connectivity index (χ3n) is 7.67. The first-order valence-corrected chi connectivity index (χ1v) is 14.9. The number of hydrogen-bond acceptors (Lipinski definition) is 5. The van der Waals surface area contributed by atoms with Crippen molar-refractivity contribution in [3.8, 4) is 0 Å². The molecular weight excluding hydrogens is 437 g/mol. The van der Waals surface area contributed by atoms with E-state index in [1.165, 1.54) is 12.1 Å². The Labute approximate surface area is 197 Å². The van der Waals surface area contributed by atoms with Gasteiger partial charge in [0, 0.05) is 11.6 Å². The monoisotopic (exact) mass is 475 g/mol. The maximum Gasteiger partial charge on any atom is 0.314 e. The largest absolute Gasteiger partial charge is 0.466 e. The zero-order valence-electron chi connectivity index (χ0n) is 20.8. The number of carbonyl (C=O) groups is 1. The number of aliphatic hydroxyl groups is 1. The number of esters is 1. The number of benzene rings is 1. The van der Waals surface area contributed by atoms with Crippen LogP contribution in [0, 0.1) is 11.7 Å². The zero-order chi connectivity index (χ0) is 24.4. The first-order valence-electron chi connectivity index (χ1n) is 11.9. The second kappa shape index (κ2) is 9.80. The summed E-state index contributed by atoms with van der Waals surface area (Å²) in [4.78, 5) is 17.2. The van der Waals surface area contributed by atoms with Gasteiger partial charge in [0.25, 0.3) is 0 Å². The Hall–Kier alpha value is -1.83. The molecule has 2 aromatic rings. The van der Waals surface area contributed by atoms with Crippen LogP contribution in [-0.4, -0.2) is 43.2 Å². The molecule has 33 heavy (non-hydrogen) atoms. The number of pyridine rings is 1. The fraction of sp³-hybridized carbons (Fsp3) is 0.615. The van der Waals surface area contributed by atoms with Crippen LogP contribution < -0.4 is 0 Å². The van der Waals surface area contributed by atoms with Crippen LogP contribution in [0.1, 0.15) is 64.9 Å². The SMILES string of the molecule is CCOC(=O)C(CO[Si](C)(C)C(C)(C)C)C1(O)CCC(c2ccnc3ccc(F)cc23)CC1. The lowest BCUT2D eigenvalue weighted by Crippen LogP contribution is -2.51.